The van der Waals surface area contributed by atoms with Crippen molar-refractivity contribution < 1.29 is 61.3 Å². The molecule has 1 aromatic heterocycles. The molecule has 1 fully saturated rings. The van der Waals surface area contributed by atoms with E-state index in [9.17, 15) is 46.6 Å². The first-order valence-corrected chi connectivity index (χ1v) is 12.6. The van der Waals surface area contributed by atoms with Crippen molar-refractivity contribution >= 4 is 57.7 Å². The Bertz CT molecular complexity index is 1450. The van der Waals surface area contributed by atoms with Gasteiger partial charge in [-0.2, -0.15) is 13.2 Å². The molecular formula is C21H16F5N5O8S2. The first kappa shape index (κ1) is 31.1. The van der Waals surface area contributed by atoms with Gasteiger partial charge in [0.2, 0.25) is 0 Å². The number of carbonyl (C=O) groups excluding carboxylic acids is 2. The van der Waals surface area contributed by atoms with Gasteiger partial charge in [0.15, 0.2) is 22.4 Å². The zero-order valence-corrected chi connectivity index (χ0v) is 21.5. The Morgan fingerprint density at radius 1 is 1.24 bits per heavy atom. The smallest absolute Gasteiger partial charge is 0.486 e. The normalized spacial score (nSPS) is 18.5. The van der Waals surface area contributed by atoms with Crippen LogP contribution < -0.4 is 15.8 Å². The molecule has 3 heterocycles. The lowest BCUT2D eigenvalue weighted by Crippen LogP contribution is -2.71. The Morgan fingerprint density at radius 3 is 2.41 bits per heavy atom. The number of ether oxygens (including phenoxy) is 1. The third-order valence-corrected chi connectivity index (χ3v) is 7.17. The number of halogens is 5. The molecular weight excluding hydrogens is 609 g/mol. The zero-order chi connectivity index (χ0) is 30.6. The number of thiazole rings is 1. The summed E-state index contributed by atoms with van der Waals surface area (Å²) in [7, 11) is 0. The Hall–Kier alpha value is -4.46. The number of carboxylic acid groups (broad SMARTS) is 2. The highest BCUT2D eigenvalue weighted by Crippen LogP contribution is 2.40. The maximum atomic E-state index is 13.8. The van der Waals surface area contributed by atoms with Gasteiger partial charge < -0.3 is 31.2 Å². The summed E-state index contributed by atoms with van der Waals surface area (Å²) in [5.41, 5.74) is 4.94. The molecule has 0 bridgehead atoms. The summed E-state index contributed by atoms with van der Waals surface area (Å²) in [6.07, 6.45) is -5.08. The first-order chi connectivity index (χ1) is 19.1. The summed E-state index contributed by atoms with van der Waals surface area (Å²) < 4.78 is 63.9. The number of hydrogen-bond acceptors (Lipinski definition) is 11. The van der Waals surface area contributed by atoms with Crippen LogP contribution in [0.2, 0.25) is 0 Å². The van der Waals surface area contributed by atoms with E-state index in [0.29, 0.717) is 6.07 Å². The number of carbonyl (C=O) groups is 4. The predicted molar refractivity (Wildman–Crippen MR) is 130 cm³/mol. The van der Waals surface area contributed by atoms with E-state index in [0.717, 1.165) is 40.1 Å². The van der Waals surface area contributed by atoms with E-state index in [1.54, 1.807) is 0 Å². The first-order valence-electron chi connectivity index (χ1n) is 10.7. The highest BCUT2D eigenvalue weighted by atomic mass is 32.2. The van der Waals surface area contributed by atoms with Gasteiger partial charge in [0.05, 0.1) is 0 Å². The molecule has 0 saturated carbocycles. The number of nitrogens with one attached hydrogen (secondary N) is 1. The average Bonchev–Trinajstić information content (AvgIpc) is 3.31. The molecule has 1 aromatic carbocycles. The van der Waals surface area contributed by atoms with Crippen molar-refractivity contribution in [3.8, 4) is 5.75 Å². The number of thioether (sulfide) groups is 1. The zero-order valence-electron chi connectivity index (χ0n) is 19.9. The lowest BCUT2D eigenvalue weighted by atomic mass is 10.0. The van der Waals surface area contributed by atoms with Gasteiger partial charge in [-0.15, -0.1) is 23.1 Å². The van der Waals surface area contributed by atoms with Crippen molar-refractivity contribution in [2.24, 2.45) is 5.16 Å². The van der Waals surface area contributed by atoms with Crippen LogP contribution in [0.3, 0.4) is 0 Å². The fraction of sp³-hybridized carbons (Fsp3) is 0.238. The fourth-order valence-corrected chi connectivity index (χ4v) is 5.25. The van der Waals surface area contributed by atoms with E-state index in [-0.39, 0.29) is 40.2 Å². The molecule has 2 atom stereocenters. The Kier molecular flexibility index (Phi) is 9.38. The van der Waals surface area contributed by atoms with Gasteiger partial charge in [-0.1, -0.05) is 5.16 Å². The Morgan fingerprint density at radius 2 is 1.90 bits per heavy atom. The third kappa shape index (κ3) is 7.01. The number of oxime groups is 1. The molecule has 2 amide bonds. The van der Waals surface area contributed by atoms with Crippen molar-refractivity contribution in [1.29, 1.82) is 0 Å². The largest absolute Gasteiger partial charge is 0.490 e. The number of fused-ring (bicyclic) bond motifs is 1. The van der Waals surface area contributed by atoms with E-state index >= 15 is 0 Å². The number of alkyl halides is 3. The highest BCUT2D eigenvalue weighted by molar-refractivity contribution is 8.00. The maximum absolute atomic E-state index is 13.8. The Balaban J connectivity index is 0.000000587. The number of nitrogens with zero attached hydrogens (tertiary/aromatic N) is 3. The van der Waals surface area contributed by atoms with Crippen LogP contribution in [0.5, 0.6) is 5.75 Å². The van der Waals surface area contributed by atoms with E-state index in [4.69, 9.17) is 20.4 Å². The van der Waals surface area contributed by atoms with Gasteiger partial charge >= 0.3 is 18.1 Å². The summed E-state index contributed by atoms with van der Waals surface area (Å²) in [6.45, 7) is -0.350. The quantitative estimate of drug-likeness (QED) is 0.0983. The van der Waals surface area contributed by atoms with Crippen LogP contribution in [0.4, 0.5) is 27.1 Å². The van der Waals surface area contributed by atoms with E-state index < -0.39 is 58.7 Å². The lowest BCUT2D eigenvalue weighted by Gasteiger charge is -2.49. The molecule has 20 heteroatoms. The second kappa shape index (κ2) is 12.4. The number of nitrogens with two attached hydrogens (primary N) is 1. The summed E-state index contributed by atoms with van der Waals surface area (Å²) >= 11 is 2.18. The number of carboxylic acids is 2. The molecule has 41 heavy (non-hydrogen) atoms. The second-order valence-corrected chi connectivity index (χ2v) is 9.80. The van der Waals surface area contributed by atoms with Crippen LogP contribution in [0, 0.1) is 11.6 Å². The number of benzene rings is 1. The fourth-order valence-electron chi connectivity index (χ4n) is 3.37. The van der Waals surface area contributed by atoms with Crippen molar-refractivity contribution in [3.05, 3.63) is 52.2 Å². The number of anilines is 1. The van der Waals surface area contributed by atoms with Crippen LogP contribution >= 0.6 is 23.1 Å². The average molecular weight is 626 g/mol. The number of hydrogen-bond donors (Lipinski definition) is 5. The minimum Gasteiger partial charge on any atom is -0.486 e. The van der Waals surface area contributed by atoms with Crippen molar-refractivity contribution in [3.63, 3.8) is 0 Å². The molecule has 0 spiro atoms. The van der Waals surface area contributed by atoms with E-state index in [1.165, 1.54) is 5.38 Å². The van der Waals surface area contributed by atoms with Crippen molar-refractivity contribution in [2.75, 3.05) is 18.1 Å². The van der Waals surface area contributed by atoms with Crippen LogP contribution in [0.1, 0.15) is 5.69 Å². The minimum atomic E-state index is -5.08. The molecule has 2 aliphatic rings. The lowest BCUT2D eigenvalue weighted by molar-refractivity contribution is -0.192. The van der Waals surface area contributed by atoms with E-state index in [2.05, 4.69) is 15.5 Å². The van der Waals surface area contributed by atoms with Gasteiger partial charge in [0.1, 0.15) is 35.2 Å². The van der Waals surface area contributed by atoms with E-state index in [1.807, 2.05) is 0 Å². The van der Waals surface area contributed by atoms with Crippen LogP contribution in [0.15, 0.2) is 40.0 Å². The number of aliphatic carboxylic acids is 2. The monoisotopic (exact) mass is 625 g/mol. The molecule has 220 valence electrons. The molecule has 6 N–H and O–H groups in total. The highest BCUT2D eigenvalue weighted by Gasteiger charge is 2.54. The summed E-state index contributed by atoms with van der Waals surface area (Å²) in [5.74, 6) is -7.68. The summed E-state index contributed by atoms with van der Waals surface area (Å²) in [5, 5.41) is 32.2. The van der Waals surface area contributed by atoms with Gasteiger partial charge in [0, 0.05) is 22.8 Å². The molecule has 1 saturated heterocycles. The summed E-state index contributed by atoms with van der Waals surface area (Å²) in [4.78, 5) is 50.9. The van der Waals surface area contributed by atoms with Crippen LogP contribution in [-0.4, -0.2) is 84.7 Å². The van der Waals surface area contributed by atoms with Gasteiger partial charge in [-0.05, 0) is 12.1 Å². The van der Waals surface area contributed by atoms with Crippen molar-refractivity contribution in [1.82, 2.24) is 15.2 Å². The standard InChI is InChI=1S/C19H15F2N5O6S2.C2HF3O2/c20-8-1-2-11(9(21)3-8)32-4-7-5-33-17-13(16(28)26(17)14(7)18(29)30)24-15(27)12(25-31)10-6-34-19(22)23-10;3-2(4,5)1(6)7/h1-3,6,13,17,31H,4-5H2,(H2,22,23)(H,24,27)(H,29,30);(H,6,7)/b25-12-;/t13?,17-;/m1./s1. The van der Waals surface area contributed by atoms with Crippen LogP contribution in [-0.2, 0) is 19.2 Å². The molecule has 4 rings (SSSR count). The van der Waals surface area contributed by atoms with Crippen LogP contribution in [0.25, 0.3) is 0 Å². The molecule has 0 aliphatic carbocycles. The molecule has 2 aliphatic heterocycles. The second-order valence-electron chi connectivity index (χ2n) is 7.80. The van der Waals surface area contributed by atoms with Gasteiger partial charge in [-0.3, -0.25) is 14.5 Å². The van der Waals surface area contributed by atoms with Crippen molar-refractivity contribution in [2.45, 2.75) is 17.6 Å². The summed E-state index contributed by atoms with van der Waals surface area (Å²) in [6, 6.07) is 1.61. The van der Waals surface area contributed by atoms with Gasteiger partial charge in [0.25, 0.3) is 11.8 Å². The molecule has 0 radical (unpaired) electrons. The third-order valence-electron chi connectivity index (χ3n) is 5.15. The molecule has 2 aromatic rings. The SMILES string of the molecule is Nc1nc(/C(=N/O)C(=O)NC2C(=O)N3C(C(=O)O)=C(COc4ccc(F)cc4F)CS[C@H]23)cs1.O=C(O)C(F)(F)F. The number of nitrogen functional groups attached to an aromatic ring is 1. The Labute approximate surface area is 233 Å². The number of amides is 2. The van der Waals surface area contributed by atoms with Gasteiger partial charge in [-0.25, -0.2) is 23.4 Å². The predicted octanol–water partition coefficient (Wildman–Crippen LogP) is 1.63. The molecule has 13 nitrogen and oxygen atoms in total. The minimum absolute atomic E-state index is 0.0148. The number of aromatic nitrogens is 1. The molecule has 1 unspecified atom stereocenters. The maximum Gasteiger partial charge on any atom is 0.490 e. The number of β-lactam (4-membered cyclic amide) rings is 1. The topological polar surface area (TPSA) is 205 Å². The number of rotatable bonds is 7.